The zero-order valence-electron chi connectivity index (χ0n) is 10.9. The lowest BCUT2D eigenvalue weighted by atomic mass is 10.3. The number of ether oxygens (including phenoxy) is 1. The molecular weight excluding hydrogens is 305 g/mol. The van der Waals surface area contributed by atoms with Crippen LogP contribution in [0.2, 0.25) is 10.0 Å². The largest absolute Gasteiger partial charge is 0.481 e. The maximum absolute atomic E-state index is 11.9. The van der Waals surface area contributed by atoms with E-state index >= 15 is 0 Å². The molecule has 0 aromatic heterocycles. The summed E-state index contributed by atoms with van der Waals surface area (Å²) in [6, 6.07) is 4.84. The molecule has 0 spiro atoms. The van der Waals surface area contributed by atoms with Crippen molar-refractivity contribution in [3.05, 3.63) is 28.2 Å². The summed E-state index contributed by atoms with van der Waals surface area (Å²) in [6.07, 6.45) is 0.659. The summed E-state index contributed by atoms with van der Waals surface area (Å²) in [5, 5.41) is 9.35. The number of carboxylic acids is 1. The van der Waals surface area contributed by atoms with Gasteiger partial charge in [-0.1, -0.05) is 36.2 Å². The van der Waals surface area contributed by atoms with Gasteiger partial charge in [0.15, 0.2) is 12.4 Å². The van der Waals surface area contributed by atoms with Crippen LogP contribution < -0.4 is 4.74 Å². The highest BCUT2D eigenvalue weighted by molar-refractivity contribution is 6.37. The van der Waals surface area contributed by atoms with Crippen molar-refractivity contribution in [2.45, 2.75) is 13.3 Å². The summed E-state index contributed by atoms with van der Waals surface area (Å²) in [4.78, 5) is 23.8. The van der Waals surface area contributed by atoms with Crippen LogP contribution in [0, 0.1) is 0 Å². The number of halogens is 2. The van der Waals surface area contributed by atoms with Crippen LogP contribution in [0.25, 0.3) is 0 Å². The highest BCUT2D eigenvalue weighted by Crippen LogP contribution is 2.32. The Hall–Kier alpha value is -1.46. The quantitative estimate of drug-likeness (QED) is 0.839. The molecule has 1 aromatic rings. The van der Waals surface area contributed by atoms with E-state index < -0.39 is 11.9 Å². The van der Waals surface area contributed by atoms with Gasteiger partial charge in [-0.3, -0.25) is 9.59 Å². The summed E-state index contributed by atoms with van der Waals surface area (Å²) in [7, 11) is 0. The van der Waals surface area contributed by atoms with Crippen LogP contribution in [0.5, 0.6) is 5.75 Å². The van der Waals surface area contributed by atoms with Gasteiger partial charge in [0, 0.05) is 6.54 Å². The van der Waals surface area contributed by atoms with E-state index in [2.05, 4.69) is 0 Å². The first kappa shape index (κ1) is 16.6. The topological polar surface area (TPSA) is 66.8 Å². The number of para-hydroxylation sites is 1. The first-order valence-electron chi connectivity index (χ1n) is 6.02. The first-order valence-corrected chi connectivity index (χ1v) is 6.77. The molecule has 0 aliphatic rings. The number of carboxylic acid groups (broad SMARTS) is 1. The third-order valence-corrected chi connectivity index (χ3v) is 3.03. The predicted molar refractivity (Wildman–Crippen MR) is 76.5 cm³/mol. The Balaban J connectivity index is 2.67. The Morgan fingerprint density at radius 1 is 1.30 bits per heavy atom. The summed E-state index contributed by atoms with van der Waals surface area (Å²) in [5.74, 6) is -1.27. The van der Waals surface area contributed by atoms with Gasteiger partial charge in [-0.15, -0.1) is 0 Å². The zero-order valence-corrected chi connectivity index (χ0v) is 12.4. The monoisotopic (exact) mass is 319 g/mol. The number of carbonyl (C=O) groups excluding carboxylic acids is 1. The van der Waals surface area contributed by atoms with Gasteiger partial charge in [0.2, 0.25) is 0 Å². The Bertz CT molecular complexity index is 473. The van der Waals surface area contributed by atoms with Crippen LogP contribution in [-0.2, 0) is 9.59 Å². The van der Waals surface area contributed by atoms with Crippen LogP contribution in [-0.4, -0.2) is 41.6 Å². The summed E-state index contributed by atoms with van der Waals surface area (Å²) < 4.78 is 5.29. The second-order valence-corrected chi connectivity index (χ2v) is 4.86. The minimum atomic E-state index is -1.07. The summed E-state index contributed by atoms with van der Waals surface area (Å²) in [6.45, 7) is 1.54. The molecule has 0 heterocycles. The van der Waals surface area contributed by atoms with Crippen molar-refractivity contribution in [3.63, 3.8) is 0 Å². The van der Waals surface area contributed by atoms with Crippen molar-refractivity contribution < 1.29 is 19.4 Å². The van der Waals surface area contributed by atoms with Crippen molar-refractivity contribution in [1.82, 2.24) is 4.90 Å². The molecule has 1 aromatic carbocycles. The average molecular weight is 320 g/mol. The van der Waals surface area contributed by atoms with Crippen molar-refractivity contribution in [2.24, 2.45) is 0 Å². The number of aliphatic carboxylic acids is 1. The normalized spacial score (nSPS) is 10.2. The highest BCUT2D eigenvalue weighted by Gasteiger charge is 2.17. The fraction of sp³-hybridized carbons (Fsp3) is 0.385. The smallest absolute Gasteiger partial charge is 0.323 e. The molecule has 0 saturated heterocycles. The average Bonchev–Trinajstić information content (AvgIpc) is 2.37. The molecule has 1 N–H and O–H groups in total. The molecule has 0 saturated carbocycles. The van der Waals surface area contributed by atoms with Crippen LogP contribution >= 0.6 is 23.2 Å². The van der Waals surface area contributed by atoms with Gasteiger partial charge < -0.3 is 14.7 Å². The third kappa shape index (κ3) is 4.90. The molecule has 110 valence electrons. The van der Waals surface area contributed by atoms with E-state index in [4.69, 9.17) is 33.0 Å². The molecular formula is C13H15Cl2NO4. The fourth-order valence-corrected chi connectivity index (χ4v) is 2.08. The standard InChI is InChI=1S/C13H15Cl2NO4/c1-2-6-16(7-12(18)19)11(17)8-20-13-9(14)4-3-5-10(13)15/h3-5H,2,6-8H2,1H3,(H,18,19). The number of amides is 1. The van der Waals surface area contributed by atoms with E-state index in [9.17, 15) is 9.59 Å². The Morgan fingerprint density at radius 3 is 2.40 bits per heavy atom. The third-order valence-electron chi connectivity index (χ3n) is 2.43. The number of nitrogens with zero attached hydrogens (tertiary/aromatic N) is 1. The number of rotatable bonds is 7. The molecule has 7 heteroatoms. The molecule has 0 bridgehead atoms. The van der Waals surface area contributed by atoms with Crippen LogP contribution in [0.3, 0.4) is 0 Å². The molecule has 0 aliphatic carbocycles. The Morgan fingerprint density at radius 2 is 1.90 bits per heavy atom. The van der Waals surface area contributed by atoms with Gasteiger partial charge in [-0.05, 0) is 18.6 Å². The van der Waals surface area contributed by atoms with Crippen LogP contribution in [0.15, 0.2) is 18.2 Å². The SMILES string of the molecule is CCCN(CC(=O)O)C(=O)COc1c(Cl)cccc1Cl. The van der Waals surface area contributed by atoms with E-state index in [-0.39, 0.29) is 18.9 Å². The molecule has 0 unspecified atom stereocenters. The maximum Gasteiger partial charge on any atom is 0.323 e. The van der Waals surface area contributed by atoms with E-state index in [1.54, 1.807) is 18.2 Å². The summed E-state index contributed by atoms with van der Waals surface area (Å²) in [5.41, 5.74) is 0. The lowest BCUT2D eigenvalue weighted by Crippen LogP contribution is -2.39. The van der Waals surface area contributed by atoms with Crippen molar-refractivity contribution >= 4 is 35.1 Å². The van der Waals surface area contributed by atoms with E-state index in [0.29, 0.717) is 23.0 Å². The van der Waals surface area contributed by atoms with Gasteiger partial charge in [0.25, 0.3) is 5.91 Å². The predicted octanol–water partition coefficient (Wildman–Crippen LogP) is 2.70. The first-order chi connectivity index (χ1) is 9.45. The van der Waals surface area contributed by atoms with Crippen molar-refractivity contribution in [3.8, 4) is 5.75 Å². The van der Waals surface area contributed by atoms with E-state index in [0.717, 1.165) is 0 Å². The lowest BCUT2D eigenvalue weighted by Gasteiger charge is -2.20. The second kappa shape index (κ2) is 7.97. The minimum absolute atomic E-state index is 0.218. The van der Waals surface area contributed by atoms with Crippen molar-refractivity contribution in [2.75, 3.05) is 19.7 Å². The van der Waals surface area contributed by atoms with Crippen LogP contribution in [0.1, 0.15) is 13.3 Å². The number of hydrogen-bond donors (Lipinski definition) is 1. The summed E-state index contributed by atoms with van der Waals surface area (Å²) >= 11 is 11.8. The maximum atomic E-state index is 11.9. The molecule has 1 rings (SSSR count). The lowest BCUT2D eigenvalue weighted by molar-refractivity contribution is -0.145. The van der Waals surface area contributed by atoms with E-state index in [1.807, 2.05) is 6.92 Å². The van der Waals surface area contributed by atoms with Gasteiger partial charge in [-0.25, -0.2) is 0 Å². The van der Waals surface area contributed by atoms with Gasteiger partial charge in [-0.2, -0.15) is 0 Å². The number of hydrogen-bond acceptors (Lipinski definition) is 3. The number of benzene rings is 1. The van der Waals surface area contributed by atoms with Crippen LogP contribution in [0.4, 0.5) is 0 Å². The van der Waals surface area contributed by atoms with E-state index in [1.165, 1.54) is 4.90 Å². The van der Waals surface area contributed by atoms with Gasteiger partial charge in [0.1, 0.15) is 6.54 Å². The molecule has 20 heavy (non-hydrogen) atoms. The molecule has 0 fully saturated rings. The van der Waals surface area contributed by atoms with Crippen molar-refractivity contribution in [1.29, 1.82) is 0 Å². The van der Waals surface area contributed by atoms with Gasteiger partial charge in [0.05, 0.1) is 10.0 Å². The second-order valence-electron chi connectivity index (χ2n) is 4.05. The minimum Gasteiger partial charge on any atom is -0.481 e. The Labute approximate surface area is 127 Å². The molecule has 0 atom stereocenters. The molecule has 0 radical (unpaired) electrons. The number of carbonyl (C=O) groups is 2. The molecule has 1 amide bonds. The molecule has 5 nitrogen and oxygen atoms in total. The Kier molecular flexibility index (Phi) is 6.61. The molecule has 0 aliphatic heterocycles. The fourth-order valence-electron chi connectivity index (χ4n) is 1.57. The zero-order chi connectivity index (χ0) is 15.1. The highest BCUT2D eigenvalue weighted by atomic mass is 35.5. The van der Waals surface area contributed by atoms with Gasteiger partial charge >= 0.3 is 5.97 Å².